The Kier molecular flexibility index (Phi) is 4.21. The Morgan fingerprint density at radius 1 is 1.29 bits per heavy atom. The highest BCUT2D eigenvalue weighted by Gasteiger charge is 2.54. The average molecular weight is 332 g/mol. The number of carbonyl (C=O) groups is 3. The van der Waals surface area contributed by atoms with E-state index in [2.05, 4.69) is 15.3 Å². The molecule has 2 aliphatic rings. The number of rotatable bonds is 4. The van der Waals surface area contributed by atoms with Crippen molar-refractivity contribution in [2.24, 2.45) is 0 Å². The summed E-state index contributed by atoms with van der Waals surface area (Å²) in [6.45, 7) is 3.16. The molecule has 1 aliphatic carbocycles. The quantitative estimate of drug-likeness (QED) is 0.659. The molecule has 128 valence electrons. The highest BCUT2D eigenvalue weighted by atomic mass is 16.5. The van der Waals surface area contributed by atoms with E-state index in [1.165, 1.54) is 25.5 Å². The topological polar surface area (TPSA) is 101 Å². The first-order chi connectivity index (χ1) is 11.4. The third-order valence-electron chi connectivity index (χ3n) is 4.67. The van der Waals surface area contributed by atoms with E-state index in [-0.39, 0.29) is 5.91 Å². The van der Waals surface area contributed by atoms with Crippen molar-refractivity contribution in [1.29, 1.82) is 0 Å². The minimum Gasteiger partial charge on any atom is -0.455 e. The van der Waals surface area contributed by atoms with Crippen LogP contribution in [0, 0.1) is 0 Å². The highest BCUT2D eigenvalue weighted by Crippen LogP contribution is 2.36. The first kappa shape index (κ1) is 16.4. The van der Waals surface area contributed by atoms with E-state index in [1.54, 1.807) is 6.92 Å². The number of nitrogens with zero attached hydrogens (tertiary/aromatic N) is 3. The molecule has 2 unspecified atom stereocenters. The molecule has 2 heterocycles. The predicted molar refractivity (Wildman–Crippen MR) is 82.6 cm³/mol. The molecule has 8 nitrogen and oxygen atoms in total. The molecular formula is C16H20N4O4. The molecule has 0 radical (unpaired) electrons. The van der Waals surface area contributed by atoms with Crippen LogP contribution < -0.4 is 5.32 Å². The standard InChI is InChI=1S/C16H20N4O4/c1-10(13(21)24-11(2)12-9-17-7-8-18-12)20-14(22)16(19-15(20)23)5-3-4-6-16/h7-11H,3-6H2,1-2H3,(H,19,23). The van der Waals surface area contributed by atoms with Crippen LogP contribution in [0.15, 0.2) is 18.6 Å². The van der Waals surface area contributed by atoms with Crippen molar-refractivity contribution < 1.29 is 19.1 Å². The summed E-state index contributed by atoms with van der Waals surface area (Å²) < 4.78 is 5.34. The van der Waals surface area contributed by atoms with Gasteiger partial charge < -0.3 is 10.1 Å². The molecule has 2 fully saturated rings. The zero-order valence-electron chi connectivity index (χ0n) is 13.7. The van der Waals surface area contributed by atoms with Crippen molar-refractivity contribution in [2.75, 3.05) is 0 Å². The number of carbonyl (C=O) groups excluding carboxylic acids is 3. The van der Waals surface area contributed by atoms with Gasteiger partial charge in [0, 0.05) is 12.4 Å². The number of imide groups is 1. The Bertz CT molecular complexity index is 657. The number of hydrogen-bond acceptors (Lipinski definition) is 6. The Balaban J connectivity index is 1.69. The van der Waals surface area contributed by atoms with E-state index >= 15 is 0 Å². The molecule has 1 aromatic rings. The van der Waals surface area contributed by atoms with Gasteiger partial charge in [0.25, 0.3) is 5.91 Å². The lowest BCUT2D eigenvalue weighted by Gasteiger charge is -2.24. The second-order valence-corrected chi connectivity index (χ2v) is 6.28. The molecule has 1 N–H and O–H groups in total. The van der Waals surface area contributed by atoms with Crippen LogP contribution in [0.4, 0.5) is 4.79 Å². The molecule has 3 rings (SSSR count). The molecule has 1 aromatic heterocycles. The van der Waals surface area contributed by atoms with Crippen molar-refractivity contribution in [3.05, 3.63) is 24.3 Å². The lowest BCUT2D eigenvalue weighted by molar-refractivity contribution is -0.156. The summed E-state index contributed by atoms with van der Waals surface area (Å²) in [5, 5.41) is 2.76. The van der Waals surface area contributed by atoms with Gasteiger partial charge in [-0.05, 0) is 26.7 Å². The van der Waals surface area contributed by atoms with E-state index in [0.717, 1.165) is 17.7 Å². The number of hydrogen-bond donors (Lipinski definition) is 1. The van der Waals surface area contributed by atoms with Crippen LogP contribution in [0.25, 0.3) is 0 Å². The van der Waals surface area contributed by atoms with Crippen LogP contribution in [0.2, 0.25) is 0 Å². The summed E-state index contributed by atoms with van der Waals surface area (Å²) in [6, 6.07) is -1.52. The maximum absolute atomic E-state index is 12.7. The average Bonchev–Trinajstić information content (AvgIpc) is 3.13. The van der Waals surface area contributed by atoms with Crippen LogP contribution in [0.5, 0.6) is 0 Å². The van der Waals surface area contributed by atoms with E-state index in [4.69, 9.17) is 4.74 Å². The fourth-order valence-corrected chi connectivity index (χ4v) is 3.27. The summed E-state index contributed by atoms with van der Waals surface area (Å²) in [7, 11) is 0. The zero-order chi connectivity index (χ0) is 17.3. The Morgan fingerprint density at radius 2 is 2.00 bits per heavy atom. The second-order valence-electron chi connectivity index (χ2n) is 6.28. The molecule has 3 amide bonds. The van der Waals surface area contributed by atoms with Gasteiger partial charge in [0.1, 0.15) is 17.7 Å². The normalized spacial score (nSPS) is 21.7. The third kappa shape index (κ3) is 2.72. The largest absolute Gasteiger partial charge is 0.455 e. The molecule has 8 heteroatoms. The molecular weight excluding hydrogens is 312 g/mol. The highest BCUT2D eigenvalue weighted by molar-refractivity contribution is 6.09. The molecule has 1 spiro atoms. The van der Waals surface area contributed by atoms with Gasteiger partial charge in [0.15, 0.2) is 0 Å². The van der Waals surface area contributed by atoms with Gasteiger partial charge in [-0.3, -0.25) is 14.8 Å². The molecule has 24 heavy (non-hydrogen) atoms. The Labute approximate surface area is 139 Å². The lowest BCUT2D eigenvalue weighted by Crippen LogP contribution is -2.47. The molecule has 0 bridgehead atoms. The third-order valence-corrected chi connectivity index (χ3v) is 4.67. The van der Waals surface area contributed by atoms with Crippen molar-refractivity contribution >= 4 is 17.9 Å². The predicted octanol–water partition coefficient (Wildman–Crippen LogP) is 1.33. The second kappa shape index (κ2) is 6.18. The van der Waals surface area contributed by atoms with Crippen molar-refractivity contribution in [2.45, 2.75) is 57.2 Å². The van der Waals surface area contributed by atoms with Crippen LogP contribution in [-0.2, 0) is 14.3 Å². The summed E-state index contributed by atoms with van der Waals surface area (Å²) >= 11 is 0. The van der Waals surface area contributed by atoms with Gasteiger partial charge in [-0.1, -0.05) is 12.8 Å². The minimum atomic E-state index is -0.989. The molecule has 2 atom stereocenters. The number of urea groups is 1. The zero-order valence-corrected chi connectivity index (χ0v) is 13.7. The number of amides is 3. The number of esters is 1. The summed E-state index contributed by atoms with van der Waals surface area (Å²) in [5.74, 6) is -0.978. The monoisotopic (exact) mass is 332 g/mol. The maximum atomic E-state index is 12.7. The molecule has 1 saturated carbocycles. The van der Waals surface area contributed by atoms with E-state index in [9.17, 15) is 14.4 Å². The lowest BCUT2D eigenvalue weighted by atomic mass is 9.98. The van der Waals surface area contributed by atoms with E-state index < -0.39 is 29.7 Å². The number of nitrogens with one attached hydrogen (secondary N) is 1. The Hall–Kier alpha value is -2.51. The van der Waals surface area contributed by atoms with Gasteiger partial charge in [-0.2, -0.15) is 0 Å². The molecule has 1 aliphatic heterocycles. The van der Waals surface area contributed by atoms with Crippen LogP contribution in [0.3, 0.4) is 0 Å². The van der Waals surface area contributed by atoms with Crippen LogP contribution in [-0.4, -0.2) is 44.4 Å². The maximum Gasteiger partial charge on any atom is 0.329 e. The van der Waals surface area contributed by atoms with Crippen molar-refractivity contribution in [3.8, 4) is 0 Å². The molecule has 0 aromatic carbocycles. The summed E-state index contributed by atoms with van der Waals surface area (Å²) in [5.41, 5.74) is -0.329. The van der Waals surface area contributed by atoms with E-state index in [0.29, 0.717) is 18.5 Å². The summed E-state index contributed by atoms with van der Waals surface area (Å²) in [4.78, 5) is 46.2. The van der Waals surface area contributed by atoms with Crippen LogP contribution in [0.1, 0.15) is 51.3 Å². The minimum absolute atomic E-state index is 0.332. The molecule has 1 saturated heterocycles. The van der Waals surface area contributed by atoms with Gasteiger partial charge in [-0.25, -0.2) is 14.5 Å². The summed E-state index contributed by atoms with van der Waals surface area (Å²) in [6.07, 6.45) is 6.93. The SMILES string of the molecule is CC(OC(=O)C(C)N1C(=O)NC2(CCCC2)C1=O)c1cnccn1. The van der Waals surface area contributed by atoms with Gasteiger partial charge in [-0.15, -0.1) is 0 Å². The van der Waals surface area contributed by atoms with Gasteiger partial charge in [0.05, 0.1) is 11.9 Å². The number of aromatic nitrogens is 2. The smallest absolute Gasteiger partial charge is 0.329 e. The van der Waals surface area contributed by atoms with Gasteiger partial charge in [0.2, 0.25) is 0 Å². The first-order valence-electron chi connectivity index (χ1n) is 8.07. The van der Waals surface area contributed by atoms with Crippen molar-refractivity contribution in [1.82, 2.24) is 20.2 Å². The van der Waals surface area contributed by atoms with Gasteiger partial charge >= 0.3 is 12.0 Å². The van der Waals surface area contributed by atoms with Crippen LogP contribution >= 0.6 is 0 Å². The fraction of sp³-hybridized carbons (Fsp3) is 0.562. The first-order valence-corrected chi connectivity index (χ1v) is 8.07. The number of ether oxygens (including phenoxy) is 1. The Morgan fingerprint density at radius 3 is 2.62 bits per heavy atom. The fourth-order valence-electron chi connectivity index (χ4n) is 3.27. The van der Waals surface area contributed by atoms with Crippen molar-refractivity contribution in [3.63, 3.8) is 0 Å². The van der Waals surface area contributed by atoms with E-state index in [1.807, 2.05) is 0 Å².